The van der Waals surface area contributed by atoms with Crippen LogP contribution in [0.3, 0.4) is 0 Å². The Labute approximate surface area is 116 Å². The number of hydrogen-bond acceptors (Lipinski definition) is 5. The summed E-state index contributed by atoms with van der Waals surface area (Å²) in [6.45, 7) is 0. The number of rotatable bonds is 4. The lowest BCUT2D eigenvalue weighted by Crippen LogP contribution is -2.15. The molecule has 0 spiro atoms. The minimum absolute atomic E-state index is 0.0405. The van der Waals surface area contributed by atoms with Crippen molar-refractivity contribution in [1.82, 2.24) is 9.36 Å². The third kappa shape index (κ3) is 2.99. The van der Waals surface area contributed by atoms with E-state index in [0.717, 1.165) is 23.9 Å². The lowest BCUT2D eigenvalue weighted by atomic mass is 10.2. The zero-order valence-electron chi connectivity index (χ0n) is 9.10. The van der Waals surface area contributed by atoms with Crippen LogP contribution in [0.1, 0.15) is 5.56 Å². The molecular formula is C9H6ClF2N3O2S2. The first kappa shape index (κ1) is 14.1. The number of anilines is 1. The van der Waals surface area contributed by atoms with Crippen LogP contribution in [0.2, 0.25) is 0 Å². The molecule has 0 aliphatic carbocycles. The molecule has 0 fully saturated rings. The van der Waals surface area contributed by atoms with Crippen LogP contribution in [0.15, 0.2) is 23.4 Å². The molecule has 0 bridgehead atoms. The molecule has 1 aromatic heterocycles. The Morgan fingerprint density at radius 2 is 2.05 bits per heavy atom. The highest BCUT2D eigenvalue weighted by Gasteiger charge is 2.22. The van der Waals surface area contributed by atoms with Gasteiger partial charge in [-0.2, -0.15) is 4.37 Å². The molecule has 2 rings (SSSR count). The minimum Gasteiger partial charge on any atom is -0.253 e. The monoisotopic (exact) mass is 325 g/mol. The number of alkyl halides is 1. The van der Waals surface area contributed by atoms with Crippen molar-refractivity contribution in [1.29, 1.82) is 0 Å². The summed E-state index contributed by atoms with van der Waals surface area (Å²) in [4.78, 5) is 2.78. The van der Waals surface area contributed by atoms with Crippen molar-refractivity contribution in [2.75, 3.05) is 4.72 Å². The summed E-state index contributed by atoms with van der Waals surface area (Å²) in [6.07, 6.45) is 1.13. The lowest BCUT2D eigenvalue weighted by molar-refractivity contribution is 0.551. The Morgan fingerprint density at radius 3 is 2.63 bits per heavy atom. The molecule has 0 unspecified atom stereocenters. The fourth-order valence-electron chi connectivity index (χ4n) is 1.27. The average Bonchev–Trinajstić information content (AvgIpc) is 2.83. The van der Waals surface area contributed by atoms with Gasteiger partial charge in [-0.05, 0) is 12.1 Å². The molecule has 0 aliphatic heterocycles. The van der Waals surface area contributed by atoms with Gasteiger partial charge in [0.15, 0.2) is 0 Å². The normalized spacial score (nSPS) is 11.5. The maximum atomic E-state index is 13.7. The van der Waals surface area contributed by atoms with Gasteiger partial charge in [-0.3, -0.25) is 4.72 Å². The van der Waals surface area contributed by atoms with E-state index in [0.29, 0.717) is 6.07 Å². The fraction of sp³-hybridized carbons (Fsp3) is 0.111. The molecule has 1 aromatic carbocycles. The molecule has 0 amide bonds. The van der Waals surface area contributed by atoms with Crippen LogP contribution in [0.4, 0.5) is 13.9 Å². The first-order valence-corrected chi connectivity index (χ1v) is 7.56. The molecule has 1 heterocycles. The van der Waals surface area contributed by atoms with Crippen molar-refractivity contribution >= 4 is 38.3 Å². The van der Waals surface area contributed by atoms with Gasteiger partial charge in [0.1, 0.15) is 22.9 Å². The number of halogens is 3. The topological polar surface area (TPSA) is 72.0 Å². The molecular weight excluding hydrogens is 320 g/mol. The van der Waals surface area contributed by atoms with E-state index in [4.69, 9.17) is 11.6 Å². The Morgan fingerprint density at radius 1 is 1.32 bits per heavy atom. The SMILES string of the molecule is O=S(=O)(Nc1ncns1)c1cc(F)c(CCl)cc1F. The summed E-state index contributed by atoms with van der Waals surface area (Å²) in [5.74, 6) is -2.24. The maximum absolute atomic E-state index is 13.7. The number of benzene rings is 1. The molecule has 0 saturated heterocycles. The van der Waals surface area contributed by atoms with E-state index < -0.39 is 26.6 Å². The van der Waals surface area contributed by atoms with E-state index in [9.17, 15) is 17.2 Å². The average molecular weight is 326 g/mol. The molecule has 102 valence electrons. The van der Waals surface area contributed by atoms with Crippen LogP contribution >= 0.6 is 23.1 Å². The largest absolute Gasteiger partial charge is 0.266 e. The molecule has 0 saturated carbocycles. The van der Waals surface area contributed by atoms with E-state index in [-0.39, 0.29) is 16.6 Å². The smallest absolute Gasteiger partial charge is 0.253 e. The van der Waals surface area contributed by atoms with Crippen LogP contribution in [-0.4, -0.2) is 17.8 Å². The summed E-state index contributed by atoms with van der Waals surface area (Å²) in [6, 6.07) is 1.33. The molecule has 2 aromatic rings. The second kappa shape index (κ2) is 5.35. The van der Waals surface area contributed by atoms with Crippen molar-refractivity contribution in [2.24, 2.45) is 0 Å². The van der Waals surface area contributed by atoms with Gasteiger partial charge < -0.3 is 0 Å². The maximum Gasteiger partial charge on any atom is 0.266 e. The number of hydrogen-bond donors (Lipinski definition) is 1. The zero-order valence-corrected chi connectivity index (χ0v) is 11.5. The van der Waals surface area contributed by atoms with Gasteiger partial charge in [-0.15, -0.1) is 11.6 Å². The molecule has 0 radical (unpaired) electrons. The van der Waals surface area contributed by atoms with Crippen LogP contribution < -0.4 is 4.72 Å². The van der Waals surface area contributed by atoms with Gasteiger partial charge in [0.2, 0.25) is 5.13 Å². The van der Waals surface area contributed by atoms with Crippen LogP contribution in [0.25, 0.3) is 0 Å². The molecule has 1 N–H and O–H groups in total. The quantitative estimate of drug-likeness (QED) is 0.876. The van der Waals surface area contributed by atoms with Crippen molar-refractivity contribution in [3.8, 4) is 0 Å². The van der Waals surface area contributed by atoms with Crippen molar-refractivity contribution in [2.45, 2.75) is 10.8 Å². The van der Waals surface area contributed by atoms with Crippen molar-refractivity contribution in [3.05, 3.63) is 35.7 Å². The van der Waals surface area contributed by atoms with Crippen LogP contribution in [0, 0.1) is 11.6 Å². The Kier molecular flexibility index (Phi) is 3.97. The van der Waals surface area contributed by atoms with Crippen LogP contribution in [-0.2, 0) is 15.9 Å². The van der Waals surface area contributed by atoms with Crippen molar-refractivity contribution in [3.63, 3.8) is 0 Å². The van der Waals surface area contributed by atoms with E-state index >= 15 is 0 Å². The van der Waals surface area contributed by atoms with E-state index in [1.807, 2.05) is 4.72 Å². The highest BCUT2D eigenvalue weighted by Crippen LogP contribution is 2.23. The third-order valence-corrected chi connectivity index (χ3v) is 4.47. The third-order valence-electron chi connectivity index (χ3n) is 2.12. The highest BCUT2D eigenvalue weighted by atomic mass is 35.5. The van der Waals surface area contributed by atoms with Crippen molar-refractivity contribution < 1.29 is 17.2 Å². The Hall–Kier alpha value is -1.32. The second-order valence-electron chi connectivity index (χ2n) is 3.36. The van der Waals surface area contributed by atoms with Gasteiger partial charge in [0, 0.05) is 17.1 Å². The molecule has 10 heteroatoms. The number of sulfonamides is 1. The zero-order chi connectivity index (χ0) is 14.0. The lowest BCUT2D eigenvalue weighted by Gasteiger charge is -2.08. The van der Waals surface area contributed by atoms with E-state index in [1.165, 1.54) is 0 Å². The number of nitrogens with zero attached hydrogens (tertiary/aromatic N) is 2. The van der Waals surface area contributed by atoms with Gasteiger partial charge in [0.25, 0.3) is 10.0 Å². The van der Waals surface area contributed by atoms with Gasteiger partial charge >= 0.3 is 0 Å². The molecule has 19 heavy (non-hydrogen) atoms. The first-order chi connectivity index (χ1) is 8.94. The summed E-state index contributed by atoms with van der Waals surface area (Å²) >= 11 is 6.17. The summed E-state index contributed by atoms with van der Waals surface area (Å²) < 4.78 is 56.4. The molecule has 5 nitrogen and oxygen atoms in total. The summed E-state index contributed by atoms with van der Waals surface area (Å²) in [5, 5.41) is -0.0405. The number of nitrogens with one attached hydrogen (secondary N) is 1. The summed E-state index contributed by atoms with van der Waals surface area (Å²) in [7, 11) is -4.26. The van der Waals surface area contributed by atoms with Gasteiger partial charge in [0.05, 0.1) is 5.88 Å². The number of aromatic nitrogens is 2. The van der Waals surface area contributed by atoms with E-state index in [2.05, 4.69) is 9.36 Å². The Bertz CT molecular complexity index is 692. The minimum atomic E-state index is -4.26. The predicted octanol–water partition coefficient (Wildman–Crippen LogP) is 2.36. The second-order valence-corrected chi connectivity index (χ2v) is 6.06. The van der Waals surface area contributed by atoms with Gasteiger partial charge in [-0.25, -0.2) is 22.2 Å². The first-order valence-electron chi connectivity index (χ1n) is 4.77. The predicted molar refractivity (Wildman–Crippen MR) is 66.6 cm³/mol. The molecule has 0 atom stereocenters. The highest BCUT2D eigenvalue weighted by molar-refractivity contribution is 7.93. The fourth-order valence-corrected chi connectivity index (χ4v) is 3.20. The van der Waals surface area contributed by atoms with Crippen LogP contribution in [0.5, 0.6) is 0 Å². The Balaban J connectivity index is 2.43. The molecule has 0 aliphatic rings. The summed E-state index contributed by atoms with van der Waals surface area (Å²) in [5.41, 5.74) is -0.117. The van der Waals surface area contributed by atoms with E-state index in [1.54, 1.807) is 0 Å². The standard InChI is InChI=1S/C9H6ClF2N3O2S2/c10-3-5-1-7(12)8(2-6(5)11)19(16,17)15-9-13-4-14-18-9/h1-2,4H,3H2,(H,13,14,15). The van der Waals surface area contributed by atoms with Gasteiger partial charge in [-0.1, -0.05) is 0 Å².